The van der Waals surface area contributed by atoms with Crippen molar-refractivity contribution >= 4 is 11.8 Å². The van der Waals surface area contributed by atoms with Crippen LogP contribution in [-0.4, -0.2) is 43.1 Å². The van der Waals surface area contributed by atoms with E-state index in [-0.39, 0.29) is 11.8 Å². The second-order valence-corrected chi connectivity index (χ2v) is 8.41. The van der Waals surface area contributed by atoms with E-state index in [0.29, 0.717) is 38.3 Å². The summed E-state index contributed by atoms with van der Waals surface area (Å²) >= 11 is 0. The molecule has 38 heavy (non-hydrogen) atoms. The minimum atomic E-state index is -0.176. The number of rotatable bonds is 21. The summed E-state index contributed by atoms with van der Waals surface area (Å²) in [6.45, 7) is 3.81. The average Bonchev–Trinajstić information content (AvgIpc) is 2.94. The highest BCUT2D eigenvalue weighted by molar-refractivity contribution is 5.93. The lowest BCUT2D eigenvalue weighted by Gasteiger charge is -2.07. The number of amides is 2. The maximum Gasteiger partial charge on any atom is 0.252 e. The molecule has 0 saturated heterocycles. The van der Waals surface area contributed by atoms with E-state index in [2.05, 4.69) is 89.4 Å². The topological polar surface area (TPSA) is 80.3 Å². The number of pyridine rings is 1. The van der Waals surface area contributed by atoms with Gasteiger partial charge in [0.05, 0.1) is 18.8 Å². The molecule has 1 heterocycles. The lowest BCUT2D eigenvalue weighted by molar-refractivity contribution is -0.121. The van der Waals surface area contributed by atoms with Gasteiger partial charge in [0.15, 0.2) is 0 Å². The number of carbonyl (C=O) groups is 2. The molecular formula is C32H45N3O3. The minimum absolute atomic E-state index is 0.0120. The van der Waals surface area contributed by atoms with E-state index in [1.54, 1.807) is 18.3 Å². The zero-order chi connectivity index (χ0) is 27.4. The van der Waals surface area contributed by atoms with E-state index in [1.807, 2.05) is 6.08 Å². The average molecular weight is 520 g/mol. The van der Waals surface area contributed by atoms with Crippen LogP contribution in [0, 0.1) is 0 Å². The molecule has 2 amide bonds. The molecule has 6 heteroatoms. The Bertz CT molecular complexity index is 915. The molecule has 0 fully saturated rings. The van der Waals surface area contributed by atoms with Crippen molar-refractivity contribution in [2.45, 2.75) is 58.3 Å². The van der Waals surface area contributed by atoms with Crippen LogP contribution in [-0.2, 0) is 9.53 Å². The van der Waals surface area contributed by atoms with Crippen LogP contribution < -0.4 is 10.6 Å². The van der Waals surface area contributed by atoms with E-state index in [1.165, 1.54) is 6.20 Å². The Labute approximate surface area is 229 Å². The maximum absolute atomic E-state index is 11.9. The third kappa shape index (κ3) is 20.7. The smallest absolute Gasteiger partial charge is 0.252 e. The first-order chi connectivity index (χ1) is 18.7. The third-order valence-electron chi connectivity index (χ3n) is 5.16. The number of hydrogen-bond donors (Lipinski definition) is 2. The highest BCUT2D eigenvalue weighted by Crippen LogP contribution is 1.98. The molecule has 0 saturated carbocycles. The van der Waals surface area contributed by atoms with Gasteiger partial charge in [-0.3, -0.25) is 14.6 Å². The Morgan fingerprint density at radius 2 is 1.29 bits per heavy atom. The van der Waals surface area contributed by atoms with E-state index in [9.17, 15) is 9.59 Å². The molecule has 1 aromatic heterocycles. The Hall–Kier alpha value is -3.51. The highest BCUT2D eigenvalue weighted by atomic mass is 16.5. The van der Waals surface area contributed by atoms with Crippen molar-refractivity contribution in [1.29, 1.82) is 0 Å². The quantitative estimate of drug-likeness (QED) is 0.145. The van der Waals surface area contributed by atoms with Crippen molar-refractivity contribution < 1.29 is 14.3 Å². The lowest BCUT2D eigenvalue weighted by atomic mass is 10.2. The number of nitrogens with zero attached hydrogens (tertiary/aromatic N) is 1. The molecule has 1 aromatic rings. The van der Waals surface area contributed by atoms with Crippen molar-refractivity contribution in [2.24, 2.45) is 0 Å². The van der Waals surface area contributed by atoms with Gasteiger partial charge in [0.1, 0.15) is 0 Å². The summed E-state index contributed by atoms with van der Waals surface area (Å²) in [5.74, 6) is -0.164. The Morgan fingerprint density at radius 1 is 0.763 bits per heavy atom. The van der Waals surface area contributed by atoms with Gasteiger partial charge in [-0.25, -0.2) is 0 Å². The van der Waals surface area contributed by atoms with Crippen LogP contribution in [0.15, 0.2) is 97.4 Å². The standard InChI is InChI=1S/C32H45N3O3/c1-2-3-4-5-6-7-8-9-10-11-12-13-14-15-16-17-18-19-20-23-31(36)34-25-27-38-28-26-35-32(37)30-22-21-24-33-29-30/h3-4,6-7,9-10,12-13,15-16,18-19,21-22,24,29H,2,5,8,11,14,17,20,23,25-28H2,1H3,(H,34,36)(H,35,37)/b4-3-,7-6-,10-9-,13-12-,16-15-,19-18-. The number of aromatic nitrogens is 1. The fourth-order valence-electron chi connectivity index (χ4n) is 3.14. The number of ether oxygens (including phenoxy) is 1. The van der Waals surface area contributed by atoms with Crippen molar-refractivity contribution in [3.63, 3.8) is 0 Å². The van der Waals surface area contributed by atoms with Crippen LogP contribution in [0.5, 0.6) is 0 Å². The van der Waals surface area contributed by atoms with Crippen molar-refractivity contribution in [3.05, 3.63) is 103 Å². The van der Waals surface area contributed by atoms with Gasteiger partial charge in [-0.15, -0.1) is 0 Å². The largest absolute Gasteiger partial charge is 0.378 e. The molecule has 0 aliphatic rings. The van der Waals surface area contributed by atoms with Crippen LogP contribution in [0.2, 0.25) is 0 Å². The molecule has 0 bridgehead atoms. The molecule has 206 valence electrons. The highest BCUT2D eigenvalue weighted by Gasteiger charge is 2.03. The molecule has 1 rings (SSSR count). The number of carbonyl (C=O) groups excluding carboxylic acids is 2. The van der Waals surface area contributed by atoms with Gasteiger partial charge in [0.2, 0.25) is 5.91 Å². The molecule has 0 spiro atoms. The second kappa shape index (κ2) is 25.2. The predicted octanol–water partition coefficient (Wildman–Crippen LogP) is 6.42. The van der Waals surface area contributed by atoms with Gasteiger partial charge < -0.3 is 15.4 Å². The fourth-order valence-corrected chi connectivity index (χ4v) is 3.14. The normalized spacial score (nSPS) is 12.2. The van der Waals surface area contributed by atoms with Crippen molar-refractivity contribution in [1.82, 2.24) is 15.6 Å². The zero-order valence-electron chi connectivity index (χ0n) is 22.9. The van der Waals surface area contributed by atoms with Gasteiger partial charge in [-0.2, -0.15) is 0 Å². The van der Waals surface area contributed by atoms with Gasteiger partial charge in [-0.1, -0.05) is 79.8 Å². The van der Waals surface area contributed by atoms with E-state index in [4.69, 9.17) is 4.74 Å². The number of nitrogens with one attached hydrogen (secondary N) is 2. The Balaban J connectivity index is 1.91. The molecule has 0 aliphatic heterocycles. The molecule has 0 radical (unpaired) electrons. The molecular weight excluding hydrogens is 474 g/mol. The van der Waals surface area contributed by atoms with E-state index in [0.717, 1.165) is 44.9 Å². The van der Waals surface area contributed by atoms with Crippen molar-refractivity contribution in [3.8, 4) is 0 Å². The van der Waals surface area contributed by atoms with Gasteiger partial charge in [0.25, 0.3) is 5.91 Å². The monoisotopic (exact) mass is 519 g/mol. The summed E-state index contributed by atoms with van der Waals surface area (Å²) in [5, 5.41) is 5.60. The van der Waals surface area contributed by atoms with E-state index < -0.39 is 0 Å². The summed E-state index contributed by atoms with van der Waals surface area (Å²) in [5.41, 5.74) is 0.520. The molecule has 0 aromatic carbocycles. The second-order valence-electron chi connectivity index (χ2n) is 8.41. The summed E-state index contributed by atoms with van der Waals surface area (Å²) in [4.78, 5) is 27.6. The van der Waals surface area contributed by atoms with Crippen LogP contribution in [0.4, 0.5) is 0 Å². The lowest BCUT2D eigenvalue weighted by Crippen LogP contribution is -2.30. The van der Waals surface area contributed by atoms with Gasteiger partial charge in [0, 0.05) is 31.9 Å². The first-order valence-corrected chi connectivity index (χ1v) is 13.7. The minimum Gasteiger partial charge on any atom is -0.378 e. The molecule has 6 nitrogen and oxygen atoms in total. The summed E-state index contributed by atoms with van der Waals surface area (Å²) in [6.07, 6.45) is 36.2. The van der Waals surface area contributed by atoms with Crippen LogP contribution >= 0.6 is 0 Å². The van der Waals surface area contributed by atoms with Crippen molar-refractivity contribution in [2.75, 3.05) is 26.3 Å². The first-order valence-electron chi connectivity index (χ1n) is 13.7. The fraction of sp³-hybridized carbons (Fsp3) is 0.406. The molecule has 0 atom stereocenters. The van der Waals surface area contributed by atoms with Crippen LogP contribution in [0.25, 0.3) is 0 Å². The summed E-state index contributed by atoms with van der Waals surface area (Å²) in [6, 6.07) is 3.43. The predicted molar refractivity (Wildman–Crippen MR) is 158 cm³/mol. The zero-order valence-corrected chi connectivity index (χ0v) is 22.9. The maximum atomic E-state index is 11.9. The molecule has 0 unspecified atom stereocenters. The number of hydrogen-bond acceptors (Lipinski definition) is 4. The Kier molecular flexibility index (Phi) is 21.5. The van der Waals surface area contributed by atoms with Gasteiger partial charge in [-0.05, 0) is 57.1 Å². The first kappa shape index (κ1) is 32.5. The third-order valence-corrected chi connectivity index (χ3v) is 5.16. The van der Waals surface area contributed by atoms with Crippen LogP contribution in [0.1, 0.15) is 68.6 Å². The molecule has 2 N–H and O–H groups in total. The summed E-state index contributed by atoms with van der Waals surface area (Å²) in [7, 11) is 0. The van der Waals surface area contributed by atoms with E-state index >= 15 is 0 Å². The SMILES string of the molecule is CC/C=C\C/C=C\C/C=C\C/C=C\C/C=C\C/C=C\CCC(=O)NCCOCCNC(=O)c1cccnc1. The summed E-state index contributed by atoms with van der Waals surface area (Å²) < 4.78 is 5.44. The van der Waals surface area contributed by atoms with Crippen LogP contribution in [0.3, 0.4) is 0 Å². The Morgan fingerprint density at radius 3 is 1.82 bits per heavy atom. The van der Waals surface area contributed by atoms with Gasteiger partial charge >= 0.3 is 0 Å². The molecule has 0 aliphatic carbocycles. The number of allylic oxidation sites excluding steroid dienone is 12.